The topological polar surface area (TPSA) is 46.9 Å². The molecular formula is C14H13ClF3N3O. The summed E-state index contributed by atoms with van der Waals surface area (Å²) in [5.74, 6) is -0.788. The molecule has 0 aliphatic carbocycles. The van der Waals surface area contributed by atoms with Crippen LogP contribution in [0.2, 0.25) is 5.02 Å². The molecule has 0 fully saturated rings. The van der Waals surface area contributed by atoms with E-state index in [2.05, 4.69) is 10.4 Å². The lowest BCUT2D eigenvalue weighted by Gasteiger charge is -2.06. The first-order valence-corrected chi connectivity index (χ1v) is 6.81. The van der Waals surface area contributed by atoms with E-state index in [-0.39, 0.29) is 0 Å². The second kappa shape index (κ2) is 6.00. The number of nitrogens with one attached hydrogen (secondary N) is 1. The summed E-state index contributed by atoms with van der Waals surface area (Å²) in [6.45, 7) is 1.95. The number of hydrogen-bond donors (Lipinski definition) is 1. The average Bonchev–Trinajstić information content (AvgIpc) is 2.74. The quantitative estimate of drug-likeness (QED) is 0.927. The Labute approximate surface area is 129 Å². The van der Waals surface area contributed by atoms with Crippen LogP contribution in [0.15, 0.2) is 24.3 Å². The van der Waals surface area contributed by atoms with Crippen LogP contribution in [-0.4, -0.2) is 15.7 Å². The summed E-state index contributed by atoms with van der Waals surface area (Å²) in [5.41, 5.74) is -0.152. The summed E-state index contributed by atoms with van der Waals surface area (Å²) in [6.07, 6.45) is -3.91. The highest BCUT2D eigenvalue weighted by atomic mass is 35.5. The maximum atomic E-state index is 12.8. The Morgan fingerprint density at radius 2 is 2.09 bits per heavy atom. The molecule has 0 aliphatic rings. The van der Waals surface area contributed by atoms with Crippen molar-refractivity contribution in [3.8, 4) is 0 Å². The van der Waals surface area contributed by atoms with Crippen molar-refractivity contribution < 1.29 is 18.0 Å². The number of nitrogens with zero attached hydrogens (tertiary/aromatic N) is 2. The number of amides is 1. The van der Waals surface area contributed by atoms with Gasteiger partial charge in [-0.15, -0.1) is 0 Å². The summed E-state index contributed by atoms with van der Waals surface area (Å²) in [6, 6.07) is 7.00. The fraction of sp³-hybridized carbons (Fsp3) is 0.286. The van der Waals surface area contributed by atoms with E-state index in [4.69, 9.17) is 11.6 Å². The Morgan fingerprint density at radius 1 is 1.41 bits per heavy atom. The molecule has 0 saturated carbocycles. The third kappa shape index (κ3) is 3.24. The molecule has 0 radical (unpaired) electrons. The third-order valence-electron chi connectivity index (χ3n) is 3.07. The van der Waals surface area contributed by atoms with Gasteiger partial charge in [0.1, 0.15) is 5.02 Å². The Morgan fingerprint density at radius 3 is 2.64 bits per heavy atom. The molecule has 0 saturated heterocycles. The van der Waals surface area contributed by atoms with E-state index in [0.29, 0.717) is 10.4 Å². The molecule has 22 heavy (non-hydrogen) atoms. The number of aromatic nitrogens is 2. The second-order valence-electron chi connectivity index (χ2n) is 4.64. The highest BCUT2D eigenvalue weighted by Gasteiger charge is 2.39. The second-order valence-corrected chi connectivity index (χ2v) is 5.02. The van der Waals surface area contributed by atoms with E-state index in [0.717, 1.165) is 19.0 Å². The Bertz CT molecular complexity index is 710. The first-order chi connectivity index (χ1) is 10.2. The normalized spacial score (nSPS) is 11.5. The smallest absolute Gasteiger partial charge is 0.321 e. The van der Waals surface area contributed by atoms with Crippen LogP contribution in [0.25, 0.3) is 0 Å². The SMILES string of the molecule is CCc1cccc(NC(=O)c2nn(C)c(C(F)(F)F)c2Cl)c1. The van der Waals surface area contributed by atoms with Gasteiger partial charge in [0, 0.05) is 12.7 Å². The first-order valence-electron chi connectivity index (χ1n) is 6.44. The van der Waals surface area contributed by atoms with Crippen molar-refractivity contribution in [1.29, 1.82) is 0 Å². The molecule has 118 valence electrons. The lowest BCUT2D eigenvalue weighted by atomic mass is 10.1. The Kier molecular flexibility index (Phi) is 4.46. The molecule has 0 bridgehead atoms. The van der Waals surface area contributed by atoms with Gasteiger partial charge >= 0.3 is 6.18 Å². The van der Waals surface area contributed by atoms with Gasteiger partial charge in [-0.1, -0.05) is 30.7 Å². The molecule has 0 atom stereocenters. The molecule has 1 aromatic heterocycles. The summed E-state index contributed by atoms with van der Waals surface area (Å²) < 4.78 is 39.1. The van der Waals surface area contributed by atoms with Crippen LogP contribution in [0.5, 0.6) is 0 Å². The first kappa shape index (κ1) is 16.4. The number of hydrogen-bond acceptors (Lipinski definition) is 2. The maximum Gasteiger partial charge on any atom is 0.434 e. The zero-order chi connectivity index (χ0) is 16.5. The number of rotatable bonds is 3. The molecule has 0 aliphatic heterocycles. The van der Waals surface area contributed by atoms with Gasteiger partial charge in [-0.2, -0.15) is 18.3 Å². The predicted molar refractivity (Wildman–Crippen MR) is 77.0 cm³/mol. The molecule has 0 unspecified atom stereocenters. The van der Waals surface area contributed by atoms with Gasteiger partial charge in [-0.3, -0.25) is 9.48 Å². The lowest BCUT2D eigenvalue weighted by molar-refractivity contribution is -0.143. The van der Waals surface area contributed by atoms with Crippen molar-refractivity contribution in [2.75, 3.05) is 5.32 Å². The number of aryl methyl sites for hydroxylation is 2. The van der Waals surface area contributed by atoms with E-state index in [1.807, 2.05) is 13.0 Å². The minimum Gasteiger partial charge on any atom is -0.321 e. The minimum absolute atomic E-state index is 0.460. The highest BCUT2D eigenvalue weighted by molar-refractivity contribution is 6.34. The number of anilines is 1. The van der Waals surface area contributed by atoms with Gasteiger partial charge in [0.2, 0.25) is 0 Å². The van der Waals surface area contributed by atoms with E-state index in [1.165, 1.54) is 0 Å². The van der Waals surface area contributed by atoms with Crippen LogP contribution in [0.1, 0.15) is 28.7 Å². The van der Waals surface area contributed by atoms with Crippen molar-refractivity contribution in [3.63, 3.8) is 0 Å². The van der Waals surface area contributed by atoms with E-state index >= 15 is 0 Å². The van der Waals surface area contributed by atoms with E-state index in [9.17, 15) is 18.0 Å². The van der Waals surface area contributed by atoms with Crippen LogP contribution < -0.4 is 5.32 Å². The summed E-state index contributed by atoms with van der Waals surface area (Å²) in [5, 5.41) is 5.36. The van der Waals surface area contributed by atoms with Crippen LogP contribution in [-0.2, 0) is 19.6 Å². The zero-order valence-corrected chi connectivity index (χ0v) is 12.6. The Hall–Kier alpha value is -2.02. The predicted octanol–water partition coefficient (Wildman–Crippen LogP) is 3.91. The molecule has 2 aromatic rings. The van der Waals surface area contributed by atoms with E-state index < -0.39 is 28.5 Å². The van der Waals surface area contributed by atoms with Crippen molar-refractivity contribution in [3.05, 3.63) is 46.2 Å². The molecule has 2 rings (SSSR count). The molecule has 1 N–H and O–H groups in total. The fourth-order valence-electron chi connectivity index (χ4n) is 2.01. The van der Waals surface area contributed by atoms with Gasteiger partial charge in [0.05, 0.1) is 0 Å². The number of benzene rings is 1. The molecule has 1 heterocycles. The molecule has 8 heteroatoms. The van der Waals surface area contributed by atoms with Crippen molar-refractivity contribution >= 4 is 23.2 Å². The number of carbonyl (C=O) groups excluding carboxylic acids is 1. The van der Waals surface area contributed by atoms with Crippen molar-refractivity contribution in [2.45, 2.75) is 19.5 Å². The van der Waals surface area contributed by atoms with Gasteiger partial charge in [0.15, 0.2) is 11.4 Å². The molecule has 0 spiro atoms. The van der Waals surface area contributed by atoms with Gasteiger partial charge in [0.25, 0.3) is 5.91 Å². The standard InChI is InChI=1S/C14H13ClF3N3O/c1-3-8-5-4-6-9(7-8)19-13(22)11-10(15)12(14(16,17)18)21(2)20-11/h4-7H,3H2,1-2H3,(H,19,22). The number of carbonyl (C=O) groups is 1. The Balaban J connectivity index is 2.31. The van der Waals surface area contributed by atoms with Gasteiger partial charge < -0.3 is 5.32 Å². The maximum absolute atomic E-state index is 12.8. The number of halogens is 4. The molecule has 1 amide bonds. The minimum atomic E-state index is -4.68. The third-order valence-corrected chi connectivity index (χ3v) is 3.42. The summed E-state index contributed by atoms with van der Waals surface area (Å²) in [7, 11) is 1.09. The average molecular weight is 332 g/mol. The monoisotopic (exact) mass is 331 g/mol. The molecular weight excluding hydrogens is 319 g/mol. The summed E-state index contributed by atoms with van der Waals surface area (Å²) in [4.78, 5) is 12.1. The lowest BCUT2D eigenvalue weighted by Crippen LogP contribution is -2.13. The highest BCUT2D eigenvalue weighted by Crippen LogP contribution is 2.36. The van der Waals surface area contributed by atoms with Gasteiger partial charge in [-0.25, -0.2) is 0 Å². The van der Waals surface area contributed by atoms with Crippen LogP contribution in [0.4, 0.5) is 18.9 Å². The van der Waals surface area contributed by atoms with Crippen LogP contribution in [0.3, 0.4) is 0 Å². The summed E-state index contributed by atoms with van der Waals surface area (Å²) >= 11 is 5.67. The molecule has 4 nitrogen and oxygen atoms in total. The van der Waals surface area contributed by atoms with Crippen LogP contribution >= 0.6 is 11.6 Å². The largest absolute Gasteiger partial charge is 0.434 e. The number of alkyl halides is 3. The zero-order valence-electron chi connectivity index (χ0n) is 11.8. The van der Waals surface area contributed by atoms with Crippen molar-refractivity contribution in [1.82, 2.24) is 9.78 Å². The molecule has 1 aromatic carbocycles. The van der Waals surface area contributed by atoms with Crippen molar-refractivity contribution in [2.24, 2.45) is 7.05 Å². The van der Waals surface area contributed by atoms with Gasteiger partial charge in [-0.05, 0) is 24.1 Å². The van der Waals surface area contributed by atoms with E-state index in [1.54, 1.807) is 18.2 Å². The van der Waals surface area contributed by atoms with Crippen LogP contribution in [0, 0.1) is 0 Å². The fourth-order valence-corrected chi connectivity index (χ4v) is 2.36.